The fraction of sp³-hybridized carbons (Fsp3) is 0.480. The number of carbonyl (C=O) groups excluding carboxylic acids is 2. The van der Waals surface area contributed by atoms with Crippen LogP contribution in [0.5, 0.6) is 0 Å². The standard InChI is InChI=1S/C25H28FN3O2/c26-20-10-7-15-27-21(20)23(30)28-16-11-19(12-17-28)29-22(18-8-3-1-4-9-18)25(24(29)31)13-5-2-6-14-25/h1,3-4,7-10,15,19,22H,2,5-6,11-14,16-17H2. The van der Waals surface area contributed by atoms with Crippen LogP contribution in [-0.2, 0) is 4.79 Å². The molecule has 31 heavy (non-hydrogen) atoms. The molecule has 1 spiro atoms. The lowest BCUT2D eigenvalue weighted by Gasteiger charge is -2.61. The quantitative estimate of drug-likeness (QED) is 0.692. The maximum Gasteiger partial charge on any atom is 0.275 e. The van der Waals surface area contributed by atoms with Crippen molar-refractivity contribution in [3.05, 3.63) is 65.7 Å². The molecule has 1 unspecified atom stereocenters. The lowest BCUT2D eigenvalue weighted by Crippen LogP contribution is -2.67. The van der Waals surface area contributed by atoms with E-state index in [1.807, 2.05) is 6.07 Å². The molecular weight excluding hydrogens is 393 g/mol. The van der Waals surface area contributed by atoms with Crippen LogP contribution in [0.4, 0.5) is 4.39 Å². The number of carbonyl (C=O) groups is 2. The van der Waals surface area contributed by atoms with Gasteiger partial charge in [0.2, 0.25) is 5.91 Å². The van der Waals surface area contributed by atoms with Gasteiger partial charge in [0.05, 0.1) is 11.5 Å². The van der Waals surface area contributed by atoms with Crippen LogP contribution in [0, 0.1) is 11.2 Å². The molecule has 1 atom stereocenters. The first-order valence-corrected chi connectivity index (χ1v) is 11.4. The van der Waals surface area contributed by atoms with E-state index in [0.29, 0.717) is 31.8 Å². The monoisotopic (exact) mass is 421 g/mol. The van der Waals surface area contributed by atoms with Crippen LogP contribution >= 0.6 is 0 Å². The molecule has 1 aromatic carbocycles. The second kappa shape index (κ2) is 8.06. The minimum Gasteiger partial charge on any atom is -0.337 e. The van der Waals surface area contributed by atoms with E-state index in [-0.39, 0.29) is 29.1 Å². The molecule has 0 N–H and O–H groups in total. The Labute approximate surface area is 182 Å². The highest BCUT2D eigenvalue weighted by Crippen LogP contribution is 2.59. The molecule has 2 aliphatic heterocycles. The number of hydrogen-bond acceptors (Lipinski definition) is 3. The fourth-order valence-corrected chi connectivity index (χ4v) is 5.89. The molecular formula is C25H28FN3O2. The van der Waals surface area contributed by atoms with Gasteiger partial charge in [0, 0.05) is 25.3 Å². The minimum atomic E-state index is -0.587. The summed E-state index contributed by atoms with van der Waals surface area (Å²) in [7, 11) is 0. The number of β-lactam (4-membered cyclic amide) rings is 1. The second-order valence-electron chi connectivity index (χ2n) is 9.10. The Morgan fingerprint density at radius 3 is 2.39 bits per heavy atom. The van der Waals surface area contributed by atoms with Gasteiger partial charge in [-0.05, 0) is 43.4 Å². The fourth-order valence-electron chi connectivity index (χ4n) is 5.89. The van der Waals surface area contributed by atoms with E-state index in [0.717, 1.165) is 25.7 Å². The third kappa shape index (κ3) is 3.33. The van der Waals surface area contributed by atoms with E-state index in [2.05, 4.69) is 34.1 Å². The van der Waals surface area contributed by atoms with Gasteiger partial charge in [0.1, 0.15) is 0 Å². The summed E-state index contributed by atoms with van der Waals surface area (Å²) in [5, 5.41) is 0. The van der Waals surface area contributed by atoms with Crippen molar-refractivity contribution in [3.8, 4) is 0 Å². The van der Waals surface area contributed by atoms with Gasteiger partial charge in [-0.3, -0.25) is 9.59 Å². The van der Waals surface area contributed by atoms with Crippen LogP contribution < -0.4 is 0 Å². The van der Waals surface area contributed by atoms with Gasteiger partial charge in [-0.25, -0.2) is 9.37 Å². The maximum absolute atomic E-state index is 14.0. The van der Waals surface area contributed by atoms with Crippen molar-refractivity contribution >= 4 is 11.8 Å². The molecule has 6 heteroatoms. The van der Waals surface area contributed by atoms with Crippen molar-refractivity contribution in [3.63, 3.8) is 0 Å². The van der Waals surface area contributed by atoms with Gasteiger partial charge in [0.25, 0.3) is 5.91 Å². The summed E-state index contributed by atoms with van der Waals surface area (Å²) < 4.78 is 14.0. The predicted molar refractivity (Wildman–Crippen MR) is 115 cm³/mol. The molecule has 5 rings (SSSR count). The van der Waals surface area contributed by atoms with E-state index in [9.17, 15) is 14.0 Å². The van der Waals surface area contributed by atoms with Gasteiger partial charge >= 0.3 is 0 Å². The summed E-state index contributed by atoms with van der Waals surface area (Å²) in [6, 6.07) is 13.4. The minimum absolute atomic E-state index is 0.114. The Balaban J connectivity index is 1.33. The molecule has 0 radical (unpaired) electrons. The summed E-state index contributed by atoms with van der Waals surface area (Å²) in [6.07, 6.45) is 8.25. The second-order valence-corrected chi connectivity index (χ2v) is 9.10. The van der Waals surface area contributed by atoms with Gasteiger partial charge in [0.15, 0.2) is 11.5 Å². The first-order chi connectivity index (χ1) is 15.1. The van der Waals surface area contributed by atoms with Crippen LogP contribution in [0.2, 0.25) is 0 Å². The van der Waals surface area contributed by atoms with Crippen LogP contribution in [0.25, 0.3) is 0 Å². The number of amides is 2. The predicted octanol–water partition coefficient (Wildman–Crippen LogP) is 4.36. The molecule has 1 aliphatic carbocycles. The number of likely N-dealkylation sites (tertiary alicyclic amines) is 2. The highest BCUT2D eigenvalue weighted by molar-refractivity contribution is 5.93. The van der Waals surface area contributed by atoms with Gasteiger partial charge < -0.3 is 9.80 Å². The molecule has 1 aromatic heterocycles. The molecule has 3 heterocycles. The number of benzene rings is 1. The molecule has 3 aliphatic rings. The SMILES string of the molecule is O=C(c1ncccc1F)N1CCC(N2C(=O)C3(CCCCC3)C2c2ccccc2)CC1. The molecule has 2 saturated heterocycles. The van der Waals surface area contributed by atoms with E-state index in [1.54, 1.807) is 4.90 Å². The number of aromatic nitrogens is 1. The van der Waals surface area contributed by atoms with E-state index >= 15 is 0 Å². The van der Waals surface area contributed by atoms with Gasteiger partial charge in [-0.2, -0.15) is 0 Å². The van der Waals surface area contributed by atoms with Crippen LogP contribution in [0.1, 0.15) is 67.0 Å². The Morgan fingerprint density at radius 1 is 1.00 bits per heavy atom. The van der Waals surface area contributed by atoms with Crippen LogP contribution in [0.15, 0.2) is 48.7 Å². The molecule has 3 fully saturated rings. The van der Waals surface area contributed by atoms with Crippen molar-refractivity contribution in [1.29, 1.82) is 0 Å². The Hall–Kier alpha value is -2.76. The van der Waals surface area contributed by atoms with Crippen molar-refractivity contribution in [2.45, 2.75) is 57.0 Å². The van der Waals surface area contributed by atoms with Crippen molar-refractivity contribution in [2.75, 3.05) is 13.1 Å². The number of piperidine rings is 1. The van der Waals surface area contributed by atoms with Crippen molar-refractivity contribution < 1.29 is 14.0 Å². The molecule has 2 aromatic rings. The lowest BCUT2D eigenvalue weighted by molar-refractivity contribution is -0.186. The van der Waals surface area contributed by atoms with Crippen LogP contribution in [-0.4, -0.2) is 45.7 Å². The molecule has 162 valence electrons. The molecule has 1 saturated carbocycles. The average molecular weight is 422 g/mol. The van der Waals surface area contributed by atoms with Crippen molar-refractivity contribution in [1.82, 2.24) is 14.8 Å². The largest absolute Gasteiger partial charge is 0.337 e. The van der Waals surface area contributed by atoms with Crippen LogP contribution in [0.3, 0.4) is 0 Å². The summed E-state index contributed by atoms with van der Waals surface area (Å²) in [5.41, 5.74) is 0.853. The van der Waals surface area contributed by atoms with Gasteiger partial charge in [-0.15, -0.1) is 0 Å². The van der Waals surface area contributed by atoms with E-state index in [4.69, 9.17) is 0 Å². The third-order valence-electron chi connectivity index (χ3n) is 7.43. The summed E-state index contributed by atoms with van der Waals surface area (Å²) in [5.74, 6) is -0.660. The zero-order chi connectivity index (χ0) is 21.4. The topological polar surface area (TPSA) is 53.5 Å². The molecule has 2 amide bonds. The Kier molecular flexibility index (Phi) is 5.24. The normalized spacial score (nSPS) is 23.6. The number of halogens is 1. The number of rotatable bonds is 3. The summed E-state index contributed by atoms with van der Waals surface area (Å²) >= 11 is 0. The highest BCUT2D eigenvalue weighted by atomic mass is 19.1. The van der Waals surface area contributed by atoms with Gasteiger partial charge in [-0.1, -0.05) is 49.6 Å². The zero-order valence-electron chi connectivity index (χ0n) is 17.7. The average Bonchev–Trinajstić information content (AvgIpc) is 2.83. The Bertz CT molecular complexity index is 966. The maximum atomic E-state index is 14.0. The van der Waals surface area contributed by atoms with E-state index < -0.39 is 5.82 Å². The zero-order valence-corrected chi connectivity index (χ0v) is 17.7. The Morgan fingerprint density at radius 2 is 1.71 bits per heavy atom. The molecule has 5 nitrogen and oxygen atoms in total. The first-order valence-electron chi connectivity index (χ1n) is 11.4. The highest BCUT2D eigenvalue weighted by Gasteiger charge is 2.62. The molecule has 0 bridgehead atoms. The third-order valence-corrected chi connectivity index (χ3v) is 7.43. The lowest BCUT2D eigenvalue weighted by atomic mass is 9.59. The number of nitrogens with zero attached hydrogens (tertiary/aromatic N) is 3. The van der Waals surface area contributed by atoms with E-state index in [1.165, 1.54) is 30.3 Å². The summed E-state index contributed by atoms with van der Waals surface area (Å²) in [4.78, 5) is 33.9. The number of pyridine rings is 1. The summed E-state index contributed by atoms with van der Waals surface area (Å²) in [6.45, 7) is 1.02. The first kappa shape index (κ1) is 20.2. The van der Waals surface area contributed by atoms with Crippen molar-refractivity contribution in [2.24, 2.45) is 5.41 Å². The smallest absolute Gasteiger partial charge is 0.275 e. The number of hydrogen-bond donors (Lipinski definition) is 0.